The predicted molar refractivity (Wildman–Crippen MR) is 126 cm³/mol. The van der Waals surface area contributed by atoms with Gasteiger partial charge < -0.3 is 20.2 Å². The van der Waals surface area contributed by atoms with Gasteiger partial charge in [0.15, 0.2) is 3.95 Å². The zero-order valence-corrected chi connectivity index (χ0v) is 19.9. The number of carbonyl (C=O) groups is 1. The van der Waals surface area contributed by atoms with Crippen molar-refractivity contribution in [3.05, 3.63) is 43.9 Å². The minimum atomic E-state index is -0.758. The molecule has 0 unspecified atom stereocenters. The van der Waals surface area contributed by atoms with E-state index >= 15 is 0 Å². The fraction of sp³-hybridized carbons (Fsp3) is 0.500. The van der Waals surface area contributed by atoms with Gasteiger partial charge in [-0.1, -0.05) is 11.3 Å². The number of nitrogens with zero attached hydrogens (tertiary/aromatic N) is 4. The summed E-state index contributed by atoms with van der Waals surface area (Å²) < 4.78 is 5.92. The first kappa shape index (κ1) is 26.0. The van der Waals surface area contributed by atoms with Crippen molar-refractivity contribution < 1.29 is 19.5 Å². The molecular formula is C18H26N6O5S3. The lowest BCUT2D eigenvalue weighted by Crippen LogP contribution is -2.47. The number of rotatable bonds is 9. The maximum atomic E-state index is 11.9. The summed E-state index contributed by atoms with van der Waals surface area (Å²) >= 11 is 10.1. The summed E-state index contributed by atoms with van der Waals surface area (Å²) in [5, 5.41) is 15.9. The van der Waals surface area contributed by atoms with E-state index < -0.39 is 5.09 Å². The van der Waals surface area contributed by atoms with Crippen molar-refractivity contribution >= 4 is 47.3 Å². The largest absolute Gasteiger partial charge is 0.461 e. The zero-order chi connectivity index (χ0) is 23.3. The summed E-state index contributed by atoms with van der Waals surface area (Å²) in [5.41, 5.74) is 5.72. The molecular weight excluding hydrogens is 476 g/mol. The fourth-order valence-electron chi connectivity index (χ4n) is 2.85. The lowest BCUT2D eigenvalue weighted by molar-refractivity contribution is -0.757. The van der Waals surface area contributed by atoms with Crippen molar-refractivity contribution in [1.29, 1.82) is 0 Å². The highest BCUT2D eigenvalue weighted by atomic mass is 32.1. The number of ether oxygens (including phenoxy) is 1. The van der Waals surface area contributed by atoms with Crippen molar-refractivity contribution in [3.8, 4) is 0 Å². The first-order valence-electron chi connectivity index (χ1n) is 9.82. The van der Waals surface area contributed by atoms with Crippen LogP contribution in [0.1, 0.15) is 16.8 Å². The molecule has 32 heavy (non-hydrogen) atoms. The van der Waals surface area contributed by atoms with Gasteiger partial charge in [-0.25, -0.2) is 4.79 Å². The standard InChI is InChI=1S/C16H23N3O5S.C2H3N3S2/c20-16(14-2-4-15(25)5-3-14)23-13-11-18-9-7-17(8-10-18)6-1-12-24-19(21)22;3-1-4-5-2(6)7-1/h2-5,25H,1,6-13H2;(H2,3,4)(H,5,6). The van der Waals surface area contributed by atoms with Gasteiger partial charge in [0.05, 0.1) is 12.2 Å². The highest BCUT2D eigenvalue weighted by molar-refractivity contribution is 7.80. The number of aromatic amines is 1. The van der Waals surface area contributed by atoms with Crippen LogP contribution in [0.15, 0.2) is 29.2 Å². The summed E-state index contributed by atoms with van der Waals surface area (Å²) in [6.45, 7) is 5.57. The van der Waals surface area contributed by atoms with E-state index in [1.54, 1.807) is 24.3 Å². The van der Waals surface area contributed by atoms with Gasteiger partial charge in [-0.3, -0.25) is 10.00 Å². The second-order valence-electron chi connectivity index (χ2n) is 6.73. The third-order valence-electron chi connectivity index (χ3n) is 4.48. The molecule has 0 amide bonds. The molecule has 0 saturated carbocycles. The van der Waals surface area contributed by atoms with E-state index in [1.807, 2.05) is 0 Å². The normalized spacial score (nSPS) is 14.3. The molecule has 0 radical (unpaired) electrons. The first-order valence-corrected chi connectivity index (χ1v) is 11.5. The molecule has 11 nitrogen and oxygen atoms in total. The number of nitrogens with one attached hydrogen (secondary N) is 1. The summed E-state index contributed by atoms with van der Waals surface area (Å²) in [6, 6.07) is 6.92. The van der Waals surface area contributed by atoms with Crippen LogP contribution in [0.5, 0.6) is 0 Å². The van der Waals surface area contributed by atoms with Crippen LogP contribution in [-0.4, -0.2) is 83.5 Å². The van der Waals surface area contributed by atoms with Crippen molar-refractivity contribution in [2.45, 2.75) is 11.3 Å². The molecule has 1 aromatic carbocycles. The average molecular weight is 503 g/mol. The molecule has 3 rings (SSSR count). The van der Waals surface area contributed by atoms with Gasteiger partial charge >= 0.3 is 5.97 Å². The molecule has 1 aliphatic rings. The number of esters is 1. The molecule has 1 aromatic heterocycles. The maximum Gasteiger partial charge on any atom is 0.338 e. The van der Waals surface area contributed by atoms with Gasteiger partial charge in [-0.2, -0.15) is 0 Å². The zero-order valence-electron chi connectivity index (χ0n) is 17.3. The van der Waals surface area contributed by atoms with Crippen LogP contribution in [-0.2, 0) is 9.57 Å². The van der Waals surface area contributed by atoms with E-state index in [1.165, 1.54) is 11.3 Å². The van der Waals surface area contributed by atoms with Gasteiger partial charge in [0.2, 0.25) is 5.13 Å². The number of H-pyrrole nitrogens is 1. The molecule has 1 aliphatic heterocycles. The van der Waals surface area contributed by atoms with Crippen LogP contribution in [0.25, 0.3) is 0 Å². The third-order valence-corrected chi connectivity index (χ3v) is 5.70. The van der Waals surface area contributed by atoms with Crippen LogP contribution in [0.3, 0.4) is 0 Å². The minimum Gasteiger partial charge on any atom is -0.461 e. The van der Waals surface area contributed by atoms with Crippen molar-refractivity contribution in [2.24, 2.45) is 0 Å². The highest BCUT2D eigenvalue weighted by Crippen LogP contribution is 2.09. The number of anilines is 1. The molecule has 1 saturated heterocycles. The SMILES string of the molecule is Nc1n[nH]c(=S)s1.O=C(OCCN1CCN(CCCO[N+](=O)[O-])CC1)c1ccc(S)cc1. The van der Waals surface area contributed by atoms with E-state index in [4.69, 9.17) is 10.5 Å². The van der Waals surface area contributed by atoms with Crippen LogP contribution in [0.4, 0.5) is 5.13 Å². The number of carbonyl (C=O) groups excluding carboxylic acids is 1. The van der Waals surface area contributed by atoms with Crippen molar-refractivity contribution in [1.82, 2.24) is 20.0 Å². The topological polar surface area (TPSA) is 140 Å². The Hall–Kier alpha value is -2.26. The summed E-state index contributed by atoms with van der Waals surface area (Å²) in [7, 11) is 0. The number of benzene rings is 1. The molecule has 3 N–H and O–H groups in total. The Balaban J connectivity index is 0.000000439. The Bertz CT molecular complexity index is 899. The third kappa shape index (κ3) is 10.4. The molecule has 0 spiro atoms. The minimum absolute atomic E-state index is 0.136. The average Bonchev–Trinajstić information content (AvgIpc) is 3.15. The Kier molecular flexibility index (Phi) is 11.4. The smallest absolute Gasteiger partial charge is 0.338 e. The highest BCUT2D eigenvalue weighted by Gasteiger charge is 2.17. The number of thiol groups is 1. The van der Waals surface area contributed by atoms with Gasteiger partial charge in [0, 0.05) is 44.2 Å². The second kappa shape index (κ2) is 14.0. The second-order valence-corrected chi connectivity index (χ2v) is 8.94. The molecule has 176 valence electrons. The molecule has 14 heteroatoms. The number of piperazine rings is 1. The molecule has 1 fully saturated rings. The Morgan fingerprint density at radius 2 is 1.84 bits per heavy atom. The number of hydrogen-bond donors (Lipinski definition) is 3. The van der Waals surface area contributed by atoms with Crippen molar-refractivity contribution in [3.63, 3.8) is 0 Å². The van der Waals surface area contributed by atoms with E-state index in [9.17, 15) is 14.9 Å². The lowest BCUT2D eigenvalue weighted by atomic mass is 10.2. The van der Waals surface area contributed by atoms with Gasteiger partial charge in [0.25, 0.3) is 5.09 Å². The number of nitrogens with two attached hydrogens (primary N) is 1. The lowest BCUT2D eigenvalue weighted by Gasteiger charge is -2.34. The van der Waals surface area contributed by atoms with Gasteiger partial charge in [-0.15, -0.1) is 27.8 Å². The van der Waals surface area contributed by atoms with E-state index in [0.29, 0.717) is 34.2 Å². The summed E-state index contributed by atoms with van der Waals surface area (Å²) in [4.78, 5) is 31.6. The monoisotopic (exact) mass is 502 g/mol. The van der Waals surface area contributed by atoms with Gasteiger partial charge in [-0.05, 0) is 42.9 Å². The summed E-state index contributed by atoms with van der Waals surface area (Å²) in [5.74, 6) is -0.322. The van der Waals surface area contributed by atoms with Crippen LogP contribution < -0.4 is 5.73 Å². The number of nitrogen functional groups attached to an aromatic ring is 1. The van der Waals surface area contributed by atoms with Crippen LogP contribution in [0, 0.1) is 14.1 Å². The Morgan fingerprint density at radius 3 is 2.34 bits per heavy atom. The van der Waals surface area contributed by atoms with Crippen molar-refractivity contribution in [2.75, 3.05) is 58.2 Å². The molecule has 2 aromatic rings. The molecule has 0 bridgehead atoms. The van der Waals surface area contributed by atoms with Crippen LogP contribution in [0.2, 0.25) is 0 Å². The first-order chi connectivity index (χ1) is 15.3. The maximum absolute atomic E-state index is 11.9. The van der Waals surface area contributed by atoms with Gasteiger partial charge in [0.1, 0.15) is 6.61 Å². The van der Waals surface area contributed by atoms with E-state index in [2.05, 4.69) is 49.7 Å². The molecule has 0 aliphatic carbocycles. The number of hydrogen-bond acceptors (Lipinski definition) is 12. The fourth-order valence-corrected chi connectivity index (χ4v) is 3.68. The summed E-state index contributed by atoms with van der Waals surface area (Å²) in [6.07, 6.45) is 0.643. The van der Waals surface area contributed by atoms with Crippen LogP contribution >= 0.6 is 36.2 Å². The van der Waals surface area contributed by atoms with E-state index in [0.717, 1.165) is 37.6 Å². The van der Waals surface area contributed by atoms with E-state index in [-0.39, 0.29) is 12.6 Å². The molecule has 0 atom stereocenters. The Morgan fingerprint density at radius 1 is 1.22 bits per heavy atom. The quantitative estimate of drug-likeness (QED) is 0.117. The predicted octanol–water partition coefficient (Wildman–Crippen LogP) is 2.13. The number of aromatic nitrogens is 2. The Labute approximate surface area is 200 Å². The molecule has 2 heterocycles.